The highest BCUT2D eigenvalue weighted by Gasteiger charge is 2.52. The van der Waals surface area contributed by atoms with Crippen LogP contribution in [-0.4, -0.2) is 34.8 Å². The van der Waals surface area contributed by atoms with E-state index in [4.69, 9.17) is 0 Å². The molecule has 0 bridgehead atoms. The maximum absolute atomic E-state index is 12.1. The first-order chi connectivity index (χ1) is 6.97. The van der Waals surface area contributed by atoms with Gasteiger partial charge >= 0.3 is 0 Å². The molecule has 2 atom stereocenters. The fourth-order valence-corrected chi connectivity index (χ4v) is 2.53. The number of amides is 2. The molecule has 0 saturated carbocycles. The Balaban J connectivity index is 2.30. The van der Waals surface area contributed by atoms with Gasteiger partial charge in [-0.3, -0.25) is 9.59 Å². The SMILES string of the molecule is CC(C)C1NC(=O)C2(C)CCCN2C1=O. The van der Waals surface area contributed by atoms with Crippen LogP contribution in [0.2, 0.25) is 0 Å². The third-order valence-corrected chi connectivity index (χ3v) is 3.62. The molecule has 0 spiro atoms. The van der Waals surface area contributed by atoms with Gasteiger partial charge in [0.25, 0.3) is 0 Å². The third-order valence-electron chi connectivity index (χ3n) is 3.62. The van der Waals surface area contributed by atoms with Crippen LogP contribution >= 0.6 is 0 Å². The number of fused-ring (bicyclic) bond motifs is 1. The van der Waals surface area contributed by atoms with Crippen molar-refractivity contribution in [2.45, 2.75) is 45.2 Å². The minimum absolute atomic E-state index is 0.0123. The number of rotatable bonds is 1. The third kappa shape index (κ3) is 1.34. The van der Waals surface area contributed by atoms with E-state index in [1.54, 1.807) is 4.90 Å². The molecular weight excluding hydrogens is 192 g/mol. The lowest BCUT2D eigenvalue weighted by Gasteiger charge is -2.42. The monoisotopic (exact) mass is 210 g/mol. The van der Waals surface area contributed by atoms with Crippen LogP contribution in [0.4, 0.5) is 0 Å². The second-order valence-electron chi connectivity index (χ2n) is 5.06. The normalized spacial score (nSPS) is 35.7. The van der Waals surface area contributed by atoms with E-state index < -0.39 is 5.54 Å². The number of nitrogens with one attached hydrogen (secondary N) is 1. The van der Waals surface area contributed by atoms with Crippen LogP contribution in [-0.2, 0) is 9.59 Å². The van der Waals surface area contributed by atoms with Crippen LogP contribution in [0, 0.1) is 5.92 Å². The second-order valence-corrected chi connectivity index (χ2v) is 5.06. The summed E-state index contributed by atoms with van der Waals surface area (Å²) in [5.74, 6) is 0.259. The smallest absolute Gasteiger partial charge is 0.246 e. The number of carbonyl (C=O) groups is 2. The van der Waals surface area contributed by atoms with Gasteiger partial charge in [0.15, 0.2) is 0 Å². The fourth-order valence-electron chi connectivity index (χ4n) is 2.53. The van der Waals surface area contributed by atoms with E-state index >= 15 is 0 Å². The second kappa shape index (κ2) is 3.22. The minimum atomic E-state index is -0.581. The predicted molar refractivity (Wildman–Crippen MR) is 56.1 cm³/mol. The molecule has 2 saturated heterocycles. The highest BCUT2D eigenvalue weighted by Crippen LogP contribution is 2.33. The molecule has 84 valence electrons. The van der Waals surface area contributed by atoms with Crippen LogP contribution in [0.5, 0.6) is 0 Å². The van der Waals surface area contributed by atoms with Gasteiger partial charge in [0, 0.05) is 6.54 Å². The van der Waals surface area contributed by atoms with Crippen molar-refractivity contribution < 1.29 is 9.59 Å². The first-order valence-electron chi connectivity index (χ1n) is 5.59. The molecule has 4 heteroatoms. The van der Waals surface area contributed by atoms with E-state index in [2.05, 4.69) is 5.32 Å². The zero-order chi connectivity index (χ0) is 11.2. The summed E-state index contributed by atoms with van der Waals surface area (Å²) in [5.41, 5.74) is -0.581. The Morgan fingerprint density at radius 1 is 1.47 bits per heavy atom. The van der Waals surface area contributed by atoms with Crippen molar-refractivity contribution >= 4 is 11.8 Å². The van der Waals surface area contributed by atoms with Gasteiger partial charge in [0.2, 0.25) is 11.8 Å². The molecule has 0 aromatic heterocycles. The van der Waals surface area contributed by atoms with Gasteiger partial charge in [-0.2, -0.15) is 0 Å². The molecule has 2 amide bonds. The summed E-state index contributed by atoms with van der Waals surface area (Å²) < 4.78 is 0. The van der Waals surface area contributed by atoms with Crippen molar-refractivity contribution in [2.24, 2.45) is 5.92 Å². The summed E-state index contributed by atoms with van der Waals surface area (Å²) in [6, 6.07) is -0.330. The van der Waals surface area contributed by atoms with Crippen LogP contribution < -0.4 is 5.32 Å². The topological polar surface area (TPSA) is 49.4 Å². The lowest BCUT2D eigenvalue weighted by atomic mass is 9.90. The Morgan fingerprint density at radius 2 is 2.13 bits per heavy atom. The van der Waals surface area contributed by atoms with Crippen molar-refractivity contribution in [1.82, 2.24) is 10.2 Å². The van der Waals surface area contributed by atoms with E-state index in [9.17, 15) is 9.59 Å². The van der Waals surface area contributed by atoms with Gasteiger partial charge in [-0.05, 0) is 25.7 Å². The van der Waals surface area contributed by atoms with Crippen LogP contribution in [0.3, 0.4) is 0 Å². The summed E-state index contributed by atoms with van der Waals surface area (Å²) >= 11 is 0. The van der Waals surface area contributed by atoms with E-state index in [-0.39, 0.29) is 23.8 Å². The average molecular weight is 210 g/mol. The average Bonchev–Trinajstić information content (AvgIpc) is 2.55. The first kappa shape index (κ1) is 10.5. The van der Waals surface area contributed by atoms with Gasteiger partial charge in [-0.15, -0.1) is 0 Å². The van der Waals surface area contributed by atoms with E-state index in [1.807, 2.05) is 20.8 Å². The number of nitrogens with zero attached hydrogens (tertiary/aromatic N) is 1. The molecule has 0 aromatic carbocycles. The first-order valence-corrected chi connectivity index (χ1v) is 5.59. The molecule has 0 radical (unpaired) electrons. The quantitative estimate of drug-likeness (QED) is 0.686. The maximum atomic E-state index is 12.1. The molecule has 15 heavy (non-hydrogen) atoms. The Bertz CT molecular complexity index is 314. The summed E-state index contributed by atoms with van der Waals surface area (Å²) in [5, 5.41) is 2.85. The van der Waals surface area contributed by atoms with Crippen LogP contribution in [0.1, 0.15) is 33.6 Å². The summed E-state index contributed by atoms with van der Waals surface area (Å²) in [6.45, 7) is 6.51. The lowest BCUT2D eigenvalue weighted by molar-refractivity contribution is -0.154. The number of piperazine rings is 1. The standard InChI is InChI=1S/C11H18N2O2/c1-7(2)8-9(14)13-6-4-5-11(13,3)10(15)12-8/h7-8H,4-6H2,1-3H3,(H,12,15). The molecule has 2 unspecified atom stereocenters. The van der Waals surface area contributed by atoms with E-state index in [1.165, 1.54) is 0 Å². The minimum Gasteiger partial charge on any atom is -0.342 e. The van der Waals surface area contributed by atoms with Gasteiger partial charge < -0.3 is 10.2 Å². The zero-order valence-electron chi connectivity index (χ0n) is 9.54. The van der Waals surface area contributed by atoms with Crippen molar-refractivity contribution in [1.29, 1.82) is 0 Å². The molecular formula is C11H18N2O2. The van der Waals surface area contributed by atoms with Gasteiger partial charge in [-0.25, -0.2) is 0 Å². The summed E-state index contributed by atoms with van der Waals surface area (Å²) in [7, 11) is 0. The fraction of sp³-hybridized carbons (Fsp3) is 0.818. The highest BCUT2D eigenvalue weighted by molar-refractivity contribution is 6.00. The van der Waals surface area contributed by atoms with E-state index in [0.29, 0.717) is 0 Å². The molecule has 2 aliphatic heterocycles. The molecule has 0 aliphatic carbocycles. The van der Waals surface area contributed by atoms with Gasteiger partial charge in [0.1, 0.15) is 11.6 Å². The Morgan fingerprint density at radius 3 is 2.73 bits per heavy atom. The lowest BCUT2D eigenvalue weighted by Crippen LogP contribution is -2.68. The number of carbonyl (C=O) groups excluding carboxylic acids is 2. The number of hydrogen-bond acceptors (Lipinski definition) is 2. The molecule has 1 N–H and O–H groups in total. The zero-order valence-corrected chi connectivity index (χ0v) is 9.54. The Labute approximate surface area is 90.0 Å². The molecule has 2 fully saturated rings. The number of hydrogen-bond donors (Lipinski definition) is 1. The van der Waals surface area contributed by atoms with Crippen LogP contribution in [0.25, 0.3) is 0 Å². The molecule has 2 heterocycles. The van der Waals surface area contributed by atoms with Gasteiger partial charge in [0.05, 0.1) is 0 Å². The summed E-state index contributed by atoms with van der Waals surface area (Å²) in [4.78, 5) is 25.8. The van der Waals surface area contributed by atoms with E-state index in [0.717, 1.165) is 19.4 Å². The van der Waals surface area contributed by atoms with Crippen molar-refractivity contribution in [3.05, 3.63) is 0 Å². The predicted octanol–water partition coefficient (Wildman–Crippen LogP) is 0.522. The van der Waals surface area contributed by atoms with Crippen molar-refractivity contribution in [2.75, 3.05) is 6.54 Å². The molecule has 4 nitrogen and oxygen atoms in total. The Kier molecular flexibility index (Phi) is 2.24. The molecule has 0 aromatic rings. The van der Waals surface area contributed by atoms with Gasteiger partial charge in [-0.1, -0.05) is 13.8 Å². The largest absolute Gasteiger partial charge is 0.342 e. The Hall–Kier alpha value is -1.06. The highest BCUT2D eigenvalue weighted by atomic mass is 16.2. The van der Waals surface area contributed by atoms with Crippen LogP contribution in [0.15, 0.2) is 0 Å². The molecule has 2 aliphatic rings. The maximum Gasteiger partial charge on any atom is 0.246 e. The van der Waals surface area contributed by atoms with Crippen molar-refractivity contribution in [3.8, 4) is 0 Å². The summed E-state index contributed by atoms with van der Waals surface area (Å²) in [6.07, 6.45) is 1.72. The van der Waals surface area contributed by atoms with Crippen molar-refractivity contribution in [3.63, 3.8) is 0 Å². The molecule has 2 rings (SSSR count).